The van der Waals surface area contributed by atoms with E-state index in [0.29, 0.717) is 38.3 Å². The van der Waals surface area contributed by atoms with E-state index in [1.807, 2.05) is 17.0 Å². The lowest BCUT2D eigenvalue weighted by molar-refractivity contribution is -0.138. The topological polar surface area (TPSA) is 135 Å². The fourth-order valence-electron chi connectivity index (χ4n) is 3.36. The first kappa shape index (κ1) is 22.9. The average Bonchev–Trinajstić information content (AvgIpc) is 2.79. The van der Waals surface area contributed by atoms with Crippen molar-refractivity contribution < 1.29 is 19.8 Å². The standard InChI is InChI=1S/C19H29N5O5/c25-18(26)12-21-17(11-15-1-3-16(22-29)4-2-15)13-23-7-5-20-6-8-24(10-9-23)14-19(27)28/h1-4,17,20-21H,5-14H2,(H,25,26)(H,27,28). The van der Waals surface area contributed by atoms with Gasteiger partial charge in [0.2, 0.25) is 0 Å². The zero-order valence-corrected chi connectivity index (χ0v) is 16.4. The normalized spacial score (nSPS) is 17.7. The lowest BCUT2D eigenvalue weighted by Gasteiger charge is -2.29. The third kappa shape index (κ3) is 9.09. The summed E-state index contributed by atoms with van der Waals surface area (Å²) in [7, 11) is 0. The Hall–Kier alpha value is -2.40. The summed E-state index contributed by atoms with van der Waals surface area (Å²) < 4.78 is 0. The van der Waals surface area contributed by atoms with Gasteiger partial charge in [-0.3, -0.25) is 19.4 Å². The van der Waals surface area contributed by atoms with Crippen LogP contribution in [0.1, 0.15) is 5.56 Å². The van der Waals surface area contributed by atoms with Crippen LogP contribution in [0.4, 0.5) is 5.69 Å². The largest absolute Gasteiger partial charge is 0.480 e. The second-order valence-corrected chi connectivity index (χ2v) is 7.15. The third-order valence-corrected chi connectivity index (χ3v) is 4.85. The first-order chi connectivity index (χ1) is 14.0. The second-order valence-electron chi connectivity index (χ2n) is 7.15. The second kappa shape index (κ2) is 12.2. The number of carboxylic acid groups (broad SMARTS) is 2. The highest BCUT2D eigenvalue weighted by Gasteiger charge is 2.19. The summed E-state index contributed by atoms with van der Waals surface area (Å²) in [4.78, 5) is 36.8. The molecule has 1 unspecified atom stereocenters. The van der Waals surface area contributed by atoms with Gasteiger partial charge in [-0.15, -0.1) is 4.91 Å². The summed E-state index contributed by atoms with van der Waals surface area (Å²) in [5.74, 6) is -1.76. The molecule has 0 aromatic heterocycles. The average molecular weight is 407 g/mol. The molecule has 2 rings (SSSR count). The number of aliphatic carboxylic acids is 2. The summed E-state index contributed by atoms with van der Waals surface area (Å²) in [6.07, 6.45) is 0.606. The molecule has 0 bridgehead atoms. The highest BCUT2D eigenvalue weighted by atomic mass is 16.4. The Bertz CT molecular complexity index is 669. The van der Waals surface area contributed by atoms with Crippen LogP contribution in [0, 0.1) is 4.91 Å². The number of carboxylic acids is 2. The number of nitrogens with zero attached hydrogens (tertiary/aromatic N) is 3. The molecular formula is C19H29N5O5. The number of nitrogens with one attached hydrogen (secondary N) is 2. The van der Waals surface area contributed by atoms with E-state index in [2.05, 4.69) is 20.7 Å². The molecule has 1 heterocycles. The van der Waals surface area contributed by atoms with Crippen LogP contribution in [0.3, 0.4) is 0 Å². The maximum Gasteiger partial charge on any atom is 0.317 e. The van der Waals surface area contributed by atoms with E-state index in [0.717, 1.165) is 25.2 Å². The van der Waals surface area contributed by atoms with Crippen molar-refractivity contribution in [1.82, 2.24) is 20.4 Å². The molecule has 0 amide bonds. The molecule has 0 spiro atoms. The molecule has 1 aliphatic rings. The number of nitroso groups, excluding NO2 is 1. The maximum atomic E-state index is 11.0. The molecule has 1 aromatic carbocycles. The highest BCUT2D eigenvalue weighted by Crippen LogP contribution is 2.14. The van der Waals surface area contributed by atoms with Crippen molar-refractivity contribution in [2.75, 3.05) is 58.9 Å². The van der Waals surface area contributed by atoms with Gasteiger partial charge in [0.15, 0.2) is 0 Å². The van der Waals surface area contributed by atoms with E-state index >= 15 is 0 Å². The lowest BCUT2D eigenvalue weighted by Crippen LogP contribution is -2.47. The Labute approximate surface area is 169 Å². The van der Waals surface area contributed by atoms with Crippen LogP contribution in [0.25, 0.3) is 0 Å². The highest BCUT2D eigenvalue weighted by molar-refractivity contribution is 5.69. The van der Waals surface area contributed by atoms with Gasteiger partial charge in [-0.1, -0.05) is 12.1 Å². The molecule has 1 saturated heterocycles. The van der Waals surface area contributed by atoms with E-state index in [4.69, 9.17) is 10.2 Å². The maximum absolute atomic E-state index is 11.0. The van der Waals surface area contributed by atoms with Crippen LogP contribution in [0.15, 0.2) is 29.4 Å². The van der Waals surface area contributed by atoms with E-state index in [1.54, 1.807) is 12.1 Å². The Morgan fingerprint density at radius 2 is 1.69 bits per heavy atom. The van der Waals surface area contributed by atoms with Gasteiger partial charge >= 0.3 is 11.9 Å². The predicted molar refractivity (Wildman–Crippen MR) is 108 cm³/mol. The van der Waals surface area contributed by atoms with Crippen molar-refractivity contribution in [3.63, 3.8) is 0 Å². The van der Waals surface area contributed by atoms with Crippen LogP contribution >= 0.6 is 0 Å². The quantitative estimate of drug-likeness (QED) is 0.394. The number of hydrogen-bond acceptors (Lipinski definition) is 8. The first-order valence-corrected chi connectivity index (χ1v) is 9.71. The number of carbonyl (C=O) groups is 2. The van der Waals surface area contributed by atoms with Crippen LogP contribution in [0.2, 0.25) is 0 Å². The summed E-state index contributed by atoms with van der Waals surface area (Å²) in [6.45, 7) is 4.82. The van der Waals surface area contributed by atoms with Crippen LogP contribution in [-0.2, 0) is 16.0 Å². The molecule has 1 atom stereocenters. The van der Waals surface area contributed by atoms with E-state index in [9.17, 15) is 14.5 Å². The van der Waals surface area contributed by atoms with Crippen molar-refractivity contribution >= 4 is 17.6 Å². The zero-order valence-electron chi connectivity index (χ0n) is 16.4. The molecule has 0 radical (unpaired) electrons. The third-order valence-electron chi connectivity index (χ3n) is 4.85. The minimum atomic E-state index is -0.922. The number of hydrogen-bond donors (Lipinski definition) is 4. The number of benzene rings is 1. The Morgan fingerprint density at radius 3 is 2.31 bits per heavy atom. The van der Waals surface area contributed by atoms with Crippen molar-refractivity contribution in [2.45, 2.75) is 12.5 Å². The fourth-order valence-corrected chi connectivity index (χ4v) is 3.36. The molecule has 10 heteroatoms. The Morgan fingerprint density at radius 1 is 1.03 bits per heavy atom. The van der Waals surface area contributed by atoms with Gasteiger partial charge < -0.3 is 20.8 Å². The van der Waals surface area contributed by atoms with Crippen molar-refractivity contribution in [3.8, 4) is 0 Å². The Balaban J connectivity index is 2.00. The summed E-state index contributed by atoms with van der Waals surface area (Å²) in [5.41, 5.74) is 1.34. The van der Waals surface area contributed by atoms with E-state index in [1.165, 1.54) is 0 Å². The minimum absolute atomic E-state index is 0.00727. The molecule has 0 aliphatic carbocycles. The summed E-state index contributed by atoms with van der Waals surface area (Å²) >= 11 is 0. The van der Waals surface area contributed by atoms with Gasteiger partial charge in [0, 0.05) is 51.9 Å². The van der Waals surface area contributed by atoms with E-state index in [-0.39, 0.29) is 19.1 Å². The van der Waals surface area contributed by atoms with Crippen LogP contribution in [-0.4, -0.2) is 96.9 Å². The van der Waals surface area contributed by atoms with Crippen molar-refractivity contribution in [1.29, 1.82) is 0 Å². The van der Waals surface area contributed by atoms with Gasteiger partial charge in [0.25, 0.3) is 0 Å². The van der Waals surface area contributed by atoms with Gasteiger partial charge in [0.1, 0.15) is 5.69 Å². The Kier molecular flexibility index (Phi) is 9.65. The molecule has 1 aliphatic heterocycles. The first-order valence-electron chi connectivity index (χ1n) is 9.71. The monoisotopic (exact) mass is 407 g/mol. The van der Waals surface area contributed by atoms with Crippen LogP contribution < -0.4 is 10.6 Å². The molecular weight excluding hydrogens is 378 g/mol. The van der Waals surface area contributed by atoms with Crippen molar-refractivity contribution in [3.05, 3.63) is 34.7 Å². The molecule has 1 aromatic rings. The molecule has 10 nitrogen and oxygen atoms in total. The SMILES string of the molecule is O=Nc1ccc(CC(CN2CCNCCN(CC(=O)O)CC2)NCC(=O)O)cc1. The van der Waals surface area contributed by atoms with Gasteiger partial charge in [-0.25, -0.2) is 0 Å². The number of rotatable bonds is 10. The molecule has 4 N–H and O–H groups in total. The van der Waals surface area contributed by atoms with Gasteiger partial charge in [0.05, 0.1) is 13.1 Å². The molecule has 0 saturated carbocycles. The lowest BCUT2D eigenvalue weighted by atomic mass is 10.0. The fraction of sp³-hybridized carbons (Fsp3) is 0.579. The summed E-state index contributed by atoms with van der Waals surface area (Å²) in [5, 5.41) is 27.4. The predicted octanol–water partition coefficient (Wildman–Crippen LogP) is -0.0384. The van der Waals surface area contributed by atoms with Crippen LogP contribution in [0.5, 0.6) is 0 Å². The smallest absolute Gasteiger partial charge is 0.317 e. The molecule has 160 valence electrons. The minimum Gasteiger partial charge on any atom is -0.480 e. The molecule has 1 fully saturated rings. The van der Waals surface area contributed by atoms with E-state index < -0.39 is 11.9 Å². The zero-order chi connectivity index (χ0) is 21.1. The molecule has 29 heavy (non-hydrogen) atoms. The summed E-state index contributed by atoms with van der Waals surface area (Å²) in [6, 6.07) is 6.83. The van der Waals surface area contributed by atoms with Gasteiger partial charge in [-0.05, 0) is 29.3 Å². The van der Waals surface area contributed by atoms with Crippen molar-refractivity contribution in [2.24, 2.45) is 5.18 Å². The van der Waals surface area contributed by atoms with Gasteiger partial charge in [-0.2, -0.15) is 0 Å².